The summed E-state index contributed by atoms with van der Waals surface area (Å²) in [5, 5.41) is 6.86. The zero-order valence-corrected chi connectivity index (χ0v) is 33.3. The summed E-state index contributed by atoms with van der Waals surface area (Å²) in [4.78, 5) is 1.88. The summed E-state index contributed by atoms with van der Waals surface area (Å²) in [5.74, 6) is 0. The second kappa shape index (κ2) is 15.6. The van der Waals surface area contributed by atoms with Crippen LogP contribution in [0, 0.1) is 0 Å². The largest absolute Gasteiger partial charge is 0.310 e. The van der Waals surface area contributed by atoms with Crippen molar-refractivity contribution in [2.45, 2.75) is 0 Å². The minimum Gasteiger partial charge on any atom is -0.310 e. The first kappa shape index (κ1) is 31.9. The van der Waals surface area contributed by atoms with Crippen LogP contribution in [-0.4, -0.2) is 0 Å². The van der Waals surface area contributed by atoms with Crippen molar-refractivity contribution >= 4 is 49.4 Å². The van der Waals surface area contributed by atoms with Gasteiger partial charge >= 0.3 is 0 Å². The van der Waals surface area contributed by atoms with E-state index in [4.69, 9.17) is 0 Å². The van der Waals surface area contributed by atoms with Crippen LogP contribution in [0.3, 0.4) is 0 Å². The van der Waals surface area contributed by atoms with Gasteiger partial charge in [0.1, 0.15) is 0 Å². The van der Waals surface area contributed by atoms with Crippen molar-refractivity contribution < 1.29 is 5.48 Å². The van der Waals surface area contributed by atoms with Crippen molar-refractivity contribution in [3.05, 3.63) is 249 Å². The smallest absolute Gasteiger partial charge is 0.0645 e. The summed E-state index contributed by atoms with van der Waals surface area (Å²) in [5.41, 5.74) is 11.0. The van der Waals surface area contributed by atoms with Gasteiger partial charge in [0.25, 0.3) is 0 Å². The molecule has 1 nitrogen and oxygen atoms in total. The fourth-order valence-electron chi connectivity index (χ4n) is 8.67. The maximum Gasteiger partial charge on any atom is 0.0645 e. The molecule has 0 radical (unpaired) electrons. The molecule has 0 spiro atoms. The molecule has 0 aromatic heterocycles. The number of fused-ring (bicyclic) bond motifs is 3. The molecule has 11 rings (SSSR count). The third-order valence-electron chi connectivity index (χ3n) is 11.7. The molecular weight excluding hydrogens is 735 g/mol. The van der Waals surface area contributed by atoms with Crippen molar-refractivity contribution in [3.8, 4) is 55.6 Å². The highest BCUT2D eigenvalue weighted by molar-refractivity contribution is 6.04. The zero-order valence-electron chi connectivity index (χ0n) is 37.3. The van der Waals surface area contributed by atoms with Gasteiger partial charge in [-0.05, 0) is 130 Å². The molecule has 0 atom stereocenters. The monoisotopic (exact) mass is 779 g/mol. The van der Waals surface area contributed by atoms with E-state index in [-0.39, 0.29) is 35.4 Å². The topological polar surface area (TPSA) is 3.24 Å². The first-order valence-electron chi connectivity index (χ1n) is 22.7. The maximum absolute atomic E-state index is 9.69. The van der Waals surface area contributed by atoms with Crippen LogP contribution < -0.4 is 4.90 Å². The molecule has 0 N–H and O–H groups in total. The molecule has 0 fully saturated rings. The van der Waals surface area contributed by atoms with E-state index in [0.717, 1.165) is 76.8 Å². The standard InChI is InChI=1S/C60H41N/c1-2-13-46(14-3-1)59-39-34-47-16-7-9-22-58(47)60(59)49-32-37-54(38-33-49)61(55-20-10-19-51(41-55)52-29-26-42-12-4-5-17-50(42)40-52)53-35-30-44(31-36-53)43-24-27-48(28-25-43)57-23-11-18-45-15-6-8-21-56(45)57/h1-41H/i30D,31D,35D,36D. The fraction of sp³-hybridized carbons (Fsp3) is 0. The lowest BCUT2D eigenvalue weighted by Gasteiger charge is -2.27. The molecule has 0 saturated carbocycles. The summed E-state index contributed by atoms with van der Waals surface area (Å²) in [6, 6.07) is 76.2. The van der Waals surface area contributed by atoms with Crippen LogP contribution in [0.25, 0.3) is 88.0 Å². The van der Waals surface area contributed by atoms with Crippen LogP contribution in [0.5, 0.6) is 0 Å². The minimum atomic E-state index is -0.125. The Labute approximate surface area is 362 Å². The molecule has 286 valence electrons. The van der Waals surface area contributed by atoms with E-state index in [1.165, 1.54) is 0 Å². The molecule has 61 heavy (non-hydrogen) atoms. The van der Waals surface area contributed by atoms with Gasteiger partial charge in [0.05, 0.1) is 5.48 Å². The quantitative estimate of drug-likeness (QED) is 0.148. The number of rotatable bonds is 8. The number of benzene rings is 11. The highest BCUT2D eigenvalue weighted by Gasteiger charge is 2.17. The Morgan fingerprint density at radius 3 is 1.59 bits per heavy atom. The van der Waals surface area contributed by atoms with E-state index < -0.39 is 0 Å². The second-order valence-electron chi connectivity index (χ2n) is 15.4. The van der Waals surface area contributed by atoms with Gasteiger partial charge in [-0.25, -0.2) is 0 Å². The lowest BCUT2D eigenvalue weighted by atomic mass is 9.89. The van der Waals surface area contributed by atoms with Crippen molar-refractivity contribution in [3.63, 3.8) is 0 Å². The van der Waals surface area contributed by atoms with E-state index in [9.17, 15) is 5.48 Å². The Balaban J connectivity index is 1.06. The predicted octanol–water partition coefficient (Wildman–Crippen LogP) is 17.0. The number of hydrogen-bond donors (Lipinski definition) is 0. The molecule has 0 heterocycles. The van der Waals surface area contributed by atoms with Crippen LogP contribution >= 0.6 is 0 Å². The third kappa shape index (κ3) is 6.93. The normalized spacial score (nSPS) is 12.2. The van der Waals surface area contributed by atoms with E-state index in [0.29, 0.717) is 16.9 Å². The maximum atomic E-state index is 9.69. The average Bonchev–Trinajstić information content (AvgIpc) is 3.37. The predicted molar refractivity (Wildman–Crippen MR) is 261 cm³/mol. The van der Waals surface area contributed by atoms with Gasteiger partial charge < -0.3 is 4.90 Å². The summed E-state index contributed by atoms with van der Waals surface area (Å²) in [7, 11) is 0. The molecule has 1 heteroatoms. The first-order chi connectivity index (χ1) is 31.9. The van der Waals surface area contributed by atoms with Crippen LogP contribution in [-0.2, 0) is 0 Å². The van der Waals surface area contributed by atoms with Gasteiger partial charge in [-0.3, -0.25) is 0 Å². The highest BCUT2D eigenvalue weighted by atomic mass is 15.1. The molecular formula is C60H41N. The minimum absolute atomic E-state index is 0.102. The Morgan fingerprint density at radius 2 is 0.803 bits per heavy atom. The lowest BCUT2D eigenvalue weighted by molar-refractivity contribution is 1.28. The summed E-state index contributed by atoms with van der Waals surface area (Å²) >= 11 is 0. The van der Waals surface area contributed by atoms with Crippen molar-refractivity contribution in [2.75, 3.05) is 4.90 Å². The molecule has 0 aliphatic carbocycles. The van der Waals surface area contributed by atoms with Crippen molar-refractivity contribution in [1.29, 1.82) is 0 Å². The van der Waals surface area contributed by atoms with Crippen LogP contribution in [0.1, 0.15) is 5.48 Å². The van der Waals surface area contributed by atoms with Gasteiger partial charge in [0.2, 0.25) is 0 Å². The first-order valence-corrected chi connectivity index (χ1v) is 20.7. The number of anilines is 3. The fourth-order valence-corrected chi connectivity index (χ4v) is 8.67. The molecule has 11 aromatic carbocycles. The Kier molecular flexibility index (Phi) is 8.18. The summed E-state index contributed by atoms with van der Waals surface area (Å²) in [6.45, 7) is 0. The third-order valence-corrected chi connectivity index (χ3v) is 11.7. The molecule has 0 unspecified atom stereocenters. The molecule has 0 aliphatic rings. The summed E-state index contributed by atoms with van der Waals surface area (Å²) in [6.07, 6.45) is 0. The van der Waals surface area contributed by atoms with Gasteiger partial charge in [0.15, 0.2) is 0 Å². The van der Waals surface area contributed by atoms with Crippen LogP contribution in [0.2, 0.25) is 0 Å². The molecule has 11 aromatic rings. The van der Waals surface area contributed by atoms with Gasteiger partial charge in [0, 0.05) is 17.1 Å². The van der Waals surface area contributed by atoms with E-state index in [1.54, 1.807) is 0 Å². The number of nitrogens with zero attached hydrogens (tertiary/aromatic N) is 1. The van der Waals surface area contributed by atoms with Crippen LogP contribution in [0.15, 0.2) is 249 Å². The Hall–Kier alpha value is -8.00. The lowest BCUT2D eigenvalue weighted by Crippen LogP contribution is -2.10. The summed E-state index contributed by atoms with van der Waals surface area (Å²) < 4.78 is 38.4. The Bertz CT molecular complexity index is 3550. The van der Waals surface area contributed by atoms with Gasteiger partial charge in [-0.1, -0.05) is 206 Å². The molecule has 0 amide bonds. The van der Waals surface area contributed by atoms with Gasteiger partial charge in [-0.15, -0.1) is 0 Å². The zero-order chi connectivity index (χ0) is 44.0. The highest BCUT2D eigenvalue weighted by Crippen LogP contribution is 2.42. The van der Waals surface area contributed by atoms with E-state index in [1.807, 2.05) is 83.8 Å². The molecule has 0 bridgehead atoms. The second-order valence-corrected chi connectivity index (χ2v) is 15.4. The molecule has 0 aliphatic heterocycles. The van der Waals surface area contributed by atoms with Crippen molar-refractivity contribution in [2.24, 2.45) is 0 Å². The SMILES string of the molecule is [2H]c1c([2H])c(N(c2ccc(-c3c(-c4ccccc4)ccc4ccccc34)cc2)c2cccc(-c3ccc4ccccc4c3)c2)c([2H])c([2H])c1-c1ccc(-c2cccc3ccccc23)cc1. The van der Waals surface area contributed by atoms with E-state index in [2.05, 4.69) is 146 Å². The van der Waals surface area contributed by atoms with E-state index >= 15 is 0 Å². The molecule has 0 saturated heterocycles. The Morgan fingerprint density at radius 1 is 0.262 bits per heavy atom. The van der Waals surface area contributed by atoms with Crippen LogP contribution in [0.4, 0.5) is 17.1 Å². The van der Waals surface area contributed by atoms with Crippen molar-refractivity contribution in [1.82, 2.24) is 0 Å². The number of hydrogen-bond acceptors (Lipinski definition) is 1. The van der Waals surface area contributed by atoms with Gasteiger partial charge in [-0.2, -0.15) is 0 Å². The average molecular weight is 780 g/mol.